The highest BCUT2D eigenvalue weighted by atomic mass is 16.5. The molecule has 2 aliphatic heterocycles. The van der Waals surface area contributed by atoms with Gasteiger partial charge in [-0.2, -0.15) is 0 Å². The second-order valence-electron chi connectivity index (χ2n) is 14.6. The number of ether oxygens (including phenoxy) is 1. The molecule has 3 aliphatic carbocycles. The Bertz CT molecular complexity index is 1110. The van der Waals surface area contributed by atoms with Crippen LogP contribution >= 0.6 is 0 Å². The van der Waals surface area contributed by atoms with Crippen molar-refractivity contribution in [3.05, 3.63) is 23.3 Å². The van der Waals surface area contributed by atoms with E-state index in [2.05, 4.69) is 22.7 Å². The Morgan fingerprint density at radius 3 is 2.30 bits per heavy atom. The van der Waals surface area contributed by atoms with Crippen molar-refractivity contribution in [3.63, 3.8) is 0 Å². The van der Waals surface area contributed by atoms with E-state index in [1.165, 1.54) is 89.0 Å². The zero-order valence-corrected chi connectivity index (χ0v) is 26.7. The third kappa shape index (κ3) is 6.20. The molecule has 0 radical (unpaired) electrons. The Morgan fingerprint density at radius 1 is 0.953 bits per heavy atom. The van der Waals surface area contributed by atoms with E-state index in [-0.39, 0.29) is 29.8 Å². The fraction of sp³-hybridized carbons (Fsp3) is 0.806. The number of aromatic hydroxyl groups is 1. The highest BCUT2D eigenvalue weighted by molar-refractivity contribution is 5.75. The maximum atomic E-state index is 12.8. The molecule has 5 aliphatic rings. The minimum absolute atomic E-state index is 0.0289. The molecule has 2 bridgehead atoms. The molecule has 43 heavy (non-hydrogen) atoms. The summed E-state index contributed by atoms with van der Waals surface area (Å²) >= 11 is 0. The number of unbranched alkanes of at least 4 members (excludes halogenated alkanes) is 12. The van der Waals surface area contributed by atoms with E-state index in [4.69, 9.17) is 4.74 Å². The van der Waals surface area contributed by atoms with E-state index >= 15 is 0 Å². The van der Waals surface area contributed by atoms with Gasteiger partial charge < -0.3 is 14.9 Å². The highest BCUT2D eigenvalue weighted by Gasteiger charge is 2.73. The number of nitrogens with one attached hydrogen (secondary N) is 2. The van der Waals surface area contributed by atoms with Gasteiger partial charge in [-0.1, -0.05) is 90.0 Å². The molecule has 7 nitrogen and oxygen atoms in total. The molecule has 3 fully saturated rings. The van der Waals surface area contributed by atoms with Crippen LogP contribution in [-0.4, -0.2) is 57.9 Å². The summed E-state index contributed by atoms with van der Waals surface area (Å²) in [5, 5.41) is 23.4. The van der Waals surface area contributed by atoms with Gasteiger partial charge in [0.05, 0.1) is 17.1 Å². The van der Waals surface area contributed by atoms with Gasteiger partial charge in [0.1, 0.15) is 6.10 Å². The number of aliphatic hydroxyl groups is 1. The number of carbonyl (C=O) groups excluding carboxylic acids is 1. The Hall–Kier alpha value is -1.83. The van der Waals surface area contributed by atoms with Crippen molar-refractivity contribution in [2.24, 2.45) is 5.92 Å². The smallest absolute Gasteiger partial charge is 0.234 e. The van der Waals surface area contributed by atoms with E-state index in [0.29, 0.717) is 18.6 Å². The first-order chi connectivity index (χ1) is 21.0. The van der Waals surface area contributed by atoms with Crippen LogP contribution in [-0.2, 0) is 16.6 Å². The first-order valence-corrected chi connectivity index (χ1v) is 18.0. The molecule has 5 atom stereocenters. The lowest BCUT2D eigenvalue weighted by molar-refractivity contribution is -0.192. The Kier molecular flexibility index (Phi) is 9.90. The largest absolute Gasteiger partial charge is 0.504 e. The Labute approximate surface area is 259 Å². The van der Waals surface area contributed by atoms with Gasteiger partial charge in [0.25, 0.3) is 0 Å². The standard InChI is InChI=1S/C36H57N3O4/c1-2-3-4-5-6-7-8-9-10-11-12-13-14-15-31(41)38-37-28-20-21-36(42)30-24-27-18-19-29(40)33-32(27)35(36,34(28)43-33)22-23-39(30)25-26-16-17-26/h18-19,26,28,30,34,37,40,42H,2-17,20-25H2,1H3,(H,38,41)/t28-,30-,34+,35+,36-/m1/s1. The molecule has 4 N–H and O–H groups in total. The molecule has 0 aromatic heterocycles. The van der Waals surface area contributed by atoms with E-state index < -0.39 is 11.0 Å². The van der Waals surface area contributed by atoms with Gasteiger partial charge in [-0.05, 0) is 69.0 Å². The summed E-state index contributed by atoms with van der Waals surface area (Å²) in [6, 6.07) is 3.75. The molecule has 1 saturated heterocycles. The number of rotatable bonds is 18. The fourth-order valence-corrected chi connectivity index (χ4v) is 9.17. The van der Waals surface area contributed by atoms with Crippen LogP contribution in [0.15, 0.2) is 12.1 Å². The molecular weight excluding hydrogens is 538 g/mol. The van der Waals surface area contributed by atoms with Crippen molar-refractivity contribution in [2.45, 2.75) is 165 Å². The van der Waals surface area contributed by atoms with Crippen molar-refractivity contribution in [1.82, 2.24) is 15.8 Å². The van der Waals surface area contributed by atoms with E-state index in [9.17, 15) is 15.0 Å². The minimum atomic E-state index is -0.895. The average molecular weight is 596 g/mol. The number of phenolic OH excluding ortho intramolecular Hbond substituents is 1. The topological polar surface area (TPSA) is 94.1 Å². The van der Waals surface area contributed by atoms with Crippen LogP contribution in [0.2, 0.25) is 0 Å². The van der Waals surface area contributed by atoms with Gasteiger partial charge in [-0.3, -0.25) is 15.1 Å². The number of hydrazine groups is 1. The molecule has 0 unspecified atom stereocenters. The van der Waals surface area contributed by atoms with Gasteiger partial charge in [0, 0.05) is 24.6 Å². The number of amides is 1. The van der Waals surface area contributed by atoms with Crippen LogP contribution in [0.1, 0.15) is 140 Å². The monoisotopic (exact) mass is 595 g/mol. The van der Waals surface area contributed by atoms with Crippen molar-refractivity contribution >= 4 is 5.91 Å². The molecule has 2 saturated carbocycles. The summed E-state index contributed by atoms with van der Waals surface area (Å²) in [4.78, 5) is 15.4. The van der Waals surface area contributed by atoms with Gasteiger partial charge in [0.15, 0.2) is 11.5 Å². The van der Waals surface area contributed by atoms with Crippen LogP contribution in [0, 0.1) is 5.92 Å². The molecule has 1 amide bonds. The first kappa shape index (κ1) is 31.2. The zero-order chi connectivity index (χ0) is 29.9. The number of piperidine rings is 1. The molecule has 240 valence electrons. The minimum Gasteiger partial charge on any atom is -0.504 e. The maximum absolute atomic E-state index is 12.8. The van der Waals surface area contributed by atoms with E-state index in [0.717, 1.165) is 56.7 Å². The van der Waals surface area contributed by atoms with Gasteiger partial charge >= 0.3 is 0 Å². The predicted octanol–water partition coefficient (Wildman–Crippen LogP) is 6.43. The van der Waals surface area contributed by atoms with E-state index in [1.807, 2.05) is 6.07 Å². The number of carbonyl (C=O) groups is 1. The summed E-state index contributed by atoms with van der Waals surface area (Å²) in [7, 11) is 0. The lowest BCUT2D eigenvalue weighted by Gasteiger charge is -2.64. The lowest BCUT2D eigenvalue weighted by atomic mass is 9.48. The predicted molar refractivity (Wildman–Crippen MR) is 170 cm³/mol. The quantitative estimate of drug-likeness (QED) is 0.116. The van der Waals surface area contributed by atoms with Crippen molar-refractivity contribution in [3.8, 4) is 11.5 Å². The van der Waals surface area contributed by atoms with Gasteiger partial charge in [-0.25, -0.2) is 5.43 Å². The molecule has 2 heterocycles. The van der Waals surface area contributed by atoms with Crippen LogP contribution in [0.5, 0.6) is 11.5 Å². The lowest BCUT2D eigenvalue weighted by Crippen LogP contribution is -2.78. The summed E-state index contributed by atoms with van der Waals surface area (Å²) in [6.45, 7) is 4.29. The number of phenols is 1. The molecule has 7 heteroatoms. The van der Waals surface area contributed by atoms with Crippen LogP contribution in [0.4, 0.5) is 0 Å². The second-order valence-corrected chi connectivity index (χ2v) is 14.6. The summed E-state index contributed by atoms with van der Waals surface area (Å²) < 4.78 is 6.59. The summed E-state index contributed by atoms with van der Waals surface area (Å²) in [5.41, 5.74) is 7.13. The van der Waals surface area contributed by atoms with E-state index in [1.54, 1.807) is 6.07 Å². The number of nitrogens with zero attached hydrogens (tertiary/aromatic N) is 1. The molecule has 1 aromatic rings. The third-order valence-corrected chi connectivity index (χ3v) is 11.7. The first-order valence-electron chi connectivity index (χ1n) is 18.0. The number of benzene rings is 1. The summed E-state index contributed by atoms with van der Waals surface area (Å²) in [5.74, 6) is 1.52. The van der Waals surface area contributed by atoms with Gasteiger partial charge in [-0.15, -0.1) is 0 Å². The second kappa shape index (κ2) is 13.7. The van der Waals surface area contributed by atoms with Crippen molar-refractivity contribution in [2.75, 3.05) is 13.1 Å². The average Bonchev–Trinajstić information content (AvgIpc) is 3.74. The highest BCUT2D eigenvalue weighted by Crippen LogP contribution is 2.65. The number of hydrogen-bond acceptors (Lipinski definition) is 6. The van der Waals surface area contributed by atoms with Crippen LogP contribution < -0.4 is 15.6 Å². The molecule has 1 spiro atoms. The Balaban J connectivity index is 0.966. The molecule has 1 aromatic carbocycles. The SMILES string of the molecule is CCCCCCCCCCCCCCCC(=O)NN[C@@H]1CC[C@@]2(O)[C@H]3Cc4ccc(O)c5c4[C@@]2(CCN3CC2CC2)[C@H]1O5. The molecular formula is C36H57N3O4. The van der Waals surface area contributed by atoms with Crippen LogP contribution in [0.25, 0.3) is 0 Å². The summed E-state index contributed by atoms with van der Waals surface area (Å²) in [6.07, 6.45) is 22.7. The van der Waals surface area contributed by atoms with Gasteiger partial charge in [0.2, 0.25) is 5.91 Å². The van der Waals surface area contributed by atoms with Crippen LogP contribution in [0.3, 0.4) is 0 Å². The normalized spacial score (nSPS) is 30.6. The fourth-order valence-electron chi connectivity index (χ4n) is 9.17. The van der Waals surface area contributed by atoms with Crippen molar-refractivity contribution < 1.29 is 19.7 Å². The zero-order valence-electron chi connectivity index (χ0n) is 26.7. The third-order valence-electron chi connectivity index (χ3n) is 11.7. The number of hydrogen-bond donors (Lipinski definition) is 4. The Morgan fingerprint density at radius 2 is 1.63 bits per heavy atom. The van der Waals surface area contributed by atoms with Crippen molar-refractivity contribution in [1.29, 1.82) is 0 Å². The molecule has 6 rings (SSSR count). The number of likely N-dealkylation sites (tertiary alicyclic amines) is 1. The maximum Gasteiger partial charge on any atom is 0.234 e.